The Morgan fingerprint density at radius 3 is 2.47 bits per heavy atom. The van der Waals surface area contributed by atoms with Crippen LogP contribution < -0.4 is 10.3 Å². The molecule has 172 valence electrons. The van der Waals surface area contributed by atoms with E-state index in [1.807, 2.05) is 45.0 Å². The van der Waals surface area contributed by atoms with Gasteiger partial charge in [-0.1, -0.05) is 52.2 Å². The SMILES string of the molecule is CCCCCCn1c(O)c(C(=O)C(C)Oc2cc(C)ccc2C(C)C)c(C)c(C#N)c1=O. The topological polar surface area (TPSA) is 92.3 Å². The minimum Gasteiger partial charge on any atom is -0.494 e. The molecule has 1 atom stereocenters. The van der Waals surface area contributed by atoms with E-state index in [4.69, 9.17) is 4.74 Å². The second kappa shape index (κ2) is 11.0. The largest absolute Gasteiger partial charge is 0.494 e. The van der Waals surface area contributed by atoms with Gasteiger partial charge in [0.2, 0.25) is 11.7 Å². The summed E-state index contributed by atoms with van der Waals surface area (Å²) in [5.74, 6) is -0.0311. The number of hydrogen-bond donors (Lipinski definition) is 1. The molecule has 2 aromatic rings. The van der Waals surface area contributed by atoms with Crippen LogP contribution in [0.4, 0.5) is 0 Å². The van der Waals surface area contributed by atoms with E-state index in [9.17, 15) is 20.0 Å². The molecule has 0 radical (unpaired) electrons. The van der Waals surface area contributed by atoms with E-state index in [-0.39, 0.29) is 29.2 Å². The number of carbonyl (C=O) groups excluding carboxylic acids is 1. The molecule has 0 aliphatic carbocycles. The summed E-state index contributed by atoms with van der Waals surface area (Å²) >= 11 is 0. The lowest BCUT2D eigenvalue weighted by Crippen LogP contribution is -2.31. The molecule has 6 heteroatoms. The zero-order chi connectivity index (χ0) is 24.0. The third kappa shape index (κ3) is 5.40. The molecule has 0 aliphatic rings. The van der Waals surface area contributed by atoms with E-state index < -0.39 is 23.3 Å². The Kier molecular flexibility index (Phi) is 8.65. The molecular formula is C26H34N2O4. The van der Waals surface area contributed by atoms with Crippen molar-refractivity contribution >= 4 is 5.78 Å². The second-order valence-corrected chi connectivity index (χ2v) is 8.65. The van der Waals surface area contributed by atoms with Crippen LogP contribution in [0.3, 0.4) is 0 Å². The van der Waals surface area contributed by atoms with Gasteiger partial charge in [-0.05, 0) is 55.9 Å². The van der Waals surface area contributed by atoms with Gasteiger partial charge in [-0.15, -0.1) is 0 Å². The summed E-state index contributed by atoms with van der Waals surface area (Å²) < 4.78 is 7.19. The smallest absolute Gasteiger partial charge is 0.271 e. The first-order chi connectivity index (χ1) is 15.1. The van der Waals surface area contributed by atoms with Crippen molar-refractivity contribution in [2.24, 2.45) is 0 Å². The van der Waals surface area contributed by atoms with Gasteiger partial charge >= 0.3 is 0 Å². The van der Waals surface area contributed by atoms with Gasteiger partial charge < -0.3 is 9.84 Å². The van der Waals surface area contributed by atoms with E-state index in [0.29, 0.717) is 12.2 Å². The van der Waals surface area contributed by atoms with Crippen LogP contribution in [0.15, 0.2) is 23.0 Å². The molecule has 0 bridgehead atoms. The fourth-order valence-electron chi connectivity index (χ4n) is 3.82. The maximum Gasteiger partial charge on any atom is 0.271 e. The average Bonchev–Trinajstić information content (AvgIpc) is 2.73. The number of unbranched alkanes of at least 4 members (excludes halogenated alkanes) is 3. The minimum absolute atomic E-state index is 0.0251. The van der Waals surface area contributed by atoms with Gasteiger partial charge in [0, 0.05) is 6.54 Å². The van der Waals surface area contributed by atoms with Crippen LogP contribution in [0.5, 0.6) is 11.6 Å². The lowest BCUT2D eigenvalue weighted by atomic mass is 9.98. The van der Waals surface area contributed by atoms with E-state index in [0.717, 1.165) is 35.0 Å². The second-order valence-electron chi connectivity index (χ2n) is 8.65. The molecule has 1 N–H and O–H groups in total. The molecule has 0 saturated carbocycles. The standard InChI is InChI=1S/C26H34N2O4/c1-7-8-9-10-13-28-25(30)21(15-27)18(5)23(26(28)31)24(29)19(6)32-22-14-17(4)11-12-20(22)16(2)3/h11-12,14,16,19,31H,7-10,13H2,1-6H3. The number of ether oxygens (including phenoxy) is 1. The molecule has 0 saturated heterocycles. The maximum atomic E-state index is 13.4. The van der Waals surface area contributed by atoms with Crippen molar-refractivity contribution in [1.29, 1.82) is 5.26 Å². The number of rotatable bonds is 10. The van der Waals surface area contributed by atoms with E-state index in [1.165, 1.54) is 6.92 Å². The highest BCUT2D eigenvalue weighted by Crippen LogP contribution is 2.30. The first-order valence-electron chi connectivity index (χ1n) is 11.3. The molecule has 1 heterocycles. The summed E-state index contributed by atoms with van der Waals surface area (Å²) in [6.07, 6.45) is 2.71. The molecule has 1 unspecified atom stereocenters. The number of nitrogens with zero attached hydrogens (tertiary/aromatic N) is 2. The normalized spacial score (nSPS) is 11.9. The van der Waals surface area contributed by atoms with Gasteiger partial charge in [-0.3, -0.25) is 14.2 Å². The van der Waals surface area contributed by atoms with Gasteiger partial charge in [0.05, 0.1) is 5.56 Å². The Labute approximate surface area is 190 Å². The first-order valence-corrected chi connectivity index (χ1v) is 11.3. The number of benzene rings is 1. The number of nitriles is 1. The summed E-state index contributed by atoms with van der Waals surface area (Å²) in [5.41, 5.74) is 1.47. The minimum atomic E-state index is -0.906. The van der Waals surface area contributed by atoms with Crippen LogP contribution in [0, 0.1) is 25.2 Å². The third-order valence-corrected chi connectivity index (χ3v) is 5.75. The van der Waals surface area contributed by atoms with Gasteiger partial charge in [-0.2, -0.15) is 5.26 Å². The summed E-state index contributed by atoms with van der Waals surface area (Å²) in [4.78, 5) is 26.1. The molecule has 0 aliphatic heterocycles. The van der Waals surface area contributed by atoms with Gasteiger partial charge in [0.1, 0.15) is 17.4 Å². The predicted octanol–water partition coefficient (Wildman–Crippen LogP) is 5.40. The molecule has 32 heavy (non-hydrogen) atoms. The number of aromatic nitrogens is 1. The average molecular weight is 439 g/mol. The van der Waals surface area contributed by atoms with Crippen molar-refractivity contribution in [3.63, 3.8) is 0 Å². The lowest BCUT2D eigenvalue weighted by molar-refractivity contribution is 0.0810. The first kappa shape index (κ1) is 25.2. The Balaban J connectivity index is 2.46. The number of aryl methyl sites for hydroxylation is 1. The molecular weight excluding hydrogens is 404 g/mol. The van der Waals surface area contributed by atoms with E-state index in [1.54, 1.807) is 6.92 Å². The third-order valence-electron chi connectivity index (χ3n) is 5.75. The molecule has 6 nitrogen and oxygen atoms in total. The Morgan fingerprint density at radius 2 is 1.88 bits per heavy atom. The lowest BCUT2D eigenvalue weighted by Gasteiger charge is -2.21. The monoisotopic (exact) mass is 438 g/mol. The summed E-state index contributed by atoms with van der Waals surface area (Å²) in [6.45, 7) is 11.5. The van der Waals surface area contributed by atoms with Crippen LogP contribution in [-0.4, -0.2) is 21.6 Å². The summed E-state index contributed by atoms with van der Waals surface area (Å²) in [6, 6.07) is 7.78. The number of ketones is 1. The summed E-state index contributed by atoms with van der Waals surface area (Å²) in [7, 11) is 0. The van der Waals surface area contributed by atoms with Crippen molar-refractivity contribution in [3.8, 4) is 17.7 Å². The molecule has 0 fully saturated rings. The fourth-order valence-corrected chi connectivity index (χ4v) is 3.82. The molecule has 1 aromatic carbocycles. The van der Waals surface area contributed by atoms with Crippen LogP contribution in [-0.2, 0) is 6.54 Å². The number of aromatic hydroxyl groups is 1. The zero-order valence-corrected chi connectivity index (χ0v) is 20.0. The maximum absolute atomic E-state index is 13.4. The fraction of sp³-hybridized carbons (Fsp3) is 0.500. The Bertz CT molecular complexity index is 1080. The number of pyridine rings is 1. The zero-order valence-electron chi connectivity index (χ0n) is 20.0. The Hall–Kier alpha value is -3.07. The van der Waals surface area contributed by atoms with Gasteiger partial charge in [0.25, 0.3) is 5.56 Å². The highest BCUT2D eigenvalue weighted by atomic mass is 16.5. The quantitative estimate of drug-likeness (QED) is 0.396. The molecule has 0 spiro atoms. The highest BCUT2D eigenvalue weighted by Gasteiger charge is 2.28. The van der Waals surface area contributed by atoms with Crippen LogP contribution in [0.2, 0.25) is 0 Å². The number of carbonyl (C=O) groups is 1. The highest BCUT2D eigenvalue weighted by molar-refractivity contribution is 6.03. The van der Waals surface area contributed by atoms with Crippen LogP contribution in [0.25, 0.3) is 0 Å². The van der Waals surface area contributed by atoms with Crippen molar-refractivity contribution in [2.45, 2.75) is 85.8 Å². The van der Waals surface area contributed by atoms with E-state index >= 15 is 0 Å². The number of hydrogen-bond acceptors (Lipinski definition) is 5. The van der Waals surface area contributed by atoms with Crippen molar-refractivity contribution in [3.05, 3.63) is 56.4 Å². The molecule has 1 aromatic heterocycles. The van der Waals surface area contributed by atoms with Crippen LogP contribution in [0.1, 0.15) is 91.9 Å². The summed E-state index contributed by atoms with van der Waals surface area (Å²) in [5, 5.41) is 20.4. The van der Waals surface area contributed by atoms with Crippen molar-refractivity contribution in [2.75, 3.05) is 0 Å². The molecule has 0 amide bonds. The van der Waals surface area contributed by atoms with Gasteiger partial charge in [0.15, 0.2) is 6.10 Å². The van der Waals surface area contributed by atoms with Crippen LogP contribution >= 0.6 is 0 Å². The van der Waals surface area contributed by atoms with Gasteiger partial charge in [-0.25, -0.2) is 0 Å². The van der Waals surface area contributed by atoms with Crippen molar-refractivity contribution < 1.29 is 14.6 Å². The predicted molar refractivity (Wildman–Crippen MR) is 126 cm³/mol. The number of Topliss-reactive ketones (excluding diaryl/α,β-unsaturated/α-hetero) is 1. The van der Waals surface area contributed by atoms with Crippen molar-refractivity contribution in [1.82, 2.24) is 4.57 Å². The molecule has 2 rings (SSSR count). The van der Waals surface area contributed by atoms with E-state index in [2.05, 4.69) is 6.92 Å². The Morgan fingerprint density at radius 1 is 1.19 bits per heavy atom.